The van der Waals surface area contributed by atoms with Gasteiger partial charge in [0.25, 0.3) is 0 Å². The summed E-state index contributed by atoms with van der Waals surface area (Å²) in [5, 5.41) is 4.42. The van der Waals surface area contributed by atoms with Gasteiger partial charge in [0.05, 0.1) is 19.8 Å². The van der Waals surface area contributed by atoms with Crippen molar-refractivity contribution in [3.05, 3.63) is 83.9 Å². The predicted octanol–water partition coefficient (Wildman–Crippen LogP) is 5.37. The molecule has 0 N–H and O–H groups in total. The van der Waals surface area contributed by atoms with Crippen LogP contribution in [0.25, 0.3) is 21.5 Å². The fourth-order valence-corrected chi connectivity index (χ4v) is 3.45. The van der Waals surface area contributed by atoms with Crippen LogP contribution in [0.5, 0.6) is 11.5 Å². The number of hydrogen-bond acceptors (Lipinski definition) is 4. The molecule has 4 aromatic carbocycles. The molecule has 0 spiro atoms. The van der Waals surface area contributed by atoms with Crippen molar-refractivity contribution in [2.24, 2.45) is 0 Å². The molecule has 0 unspecified atom stereocenters. The van der Waals surface area contributed by atoms with Gasteiger partial charge in [-0.25, -0.2) is 4.79 Å². The highest BCUT2D eigenvalue weighted by Crippen LogP contribution is 2.30. The molecule has 4 heteroatoms. The molecule has 0 aliphatic carbocycles. The molecule has 4 nitrogen and oxygen atoms in total. The maximum atomic E-state index is 12.6. The zero-order valence-electron chi connectivity index (χ0n) is 15.8. The number of carbonyl (C=O) groups excluding carboxylic acids is 1. The van der Waals surface area contributed by atoms with Crippen LogP contribution in [0.3, 0.4) is 0 Å². The Hall–Kier alpha value is -3.53. The minimum absolute atomic E-state index is 0.190. The van der Waals surface area contributed by atoms with Gasteiger partial charge in [-0.1, -0.05) is 48.5 Å². The van der Waals surface area contributed by atoms with Crippen molar-refractivity contribution < 1.29 is 19.0 Å². The first-order chi connectivity index (χ1) is 13.7. The Labute approximate surface area is 163 Å². The second kappa shape index (κ2) is 7.61. The normalized spacial score (nSPS) is 10.8. The molecule has 0 aromatic heterocycles. The first-order valence-electron chi connectivity index (χ1n) is 9.00. The SMILES string of the molecule is COc1ccc(C(=O)OCc2c3ccccc3cc3ccccc23)cc1OC. The Kier molecular flexibility index (Phi) is 4.85. The summed E-state index contributed by atoms with van der Waals surface area (Å²) in [5.74, 6) is 0.657. The zero-order chi connectivity index (χ0) is 19.5. The molecule has 0 atom stereocenters. The van der Waals surface area contributed by atoms with Crippen molar-refractivity contribution in [3.63, 3.8) is 0 Å². The Balaban J connectivity index is 1.67. The van der Waals surface area contributed by atoms with Crippen LogP contribution in [0.1, 0.15) is 15.9 Å². The van der Waals surface area contributed by atoms with Gasteiger partial charge in [0.2, 0.25) is 0 Å². The first kappa shape index (κ1) is 17.9. The highest BCUT2D eigenvalue weighted by molar-refractivity contribution is 6.02. The maximum absolute atomic E-state index is 12.6. The Morgan fingerprint density at radius 3 is 1.96 bits per heavy atom. The molecule has 4 rings (SSSR count). The van der Waals surface area contributed by atoms with Gasteiger partial charge in [-0.05, 0) is 45.8 Å². The molecule has 4 aromatic rings. The number of rotatable bonds is 5. The highest BCUT2D eigenvalue weighted by atomic mass is 16.5. The smallest absolute Gasteiger partial charge is 0.338 e. The van der Waals surface area contributed by atoms with E-state index in [9.17, 15) is 4.79 Å². The van der Waals surface area contributed by atoms with E-state index in [1.807, 2.05) is 24.3 Å². The van der Waals surface area contributed by atoms with Crippen molar-refractivity contribution in [1.82, 2.24) is 0 Å². The number of carbonyl (C=O) groups is 1. The summed E-state index contributed by atoms with van der Waals surface area (Å²) in [4.78, 5) is 12.6. The van der Waals surface area contributed by atoms with Crippen molar-refractivity contribution in [2.75, 3.05) is 14.2 Å². The van der Waals surface area contributed by atoms with Gasteiger partial charge >= 0.3 is 5.97 Å². The van der Waals surface area contributed by atoms with Gasteiger partial charge in [0.15, 0.2) is 11.5 Å². The first-order valence-corrected chi connectivity index (χ1v) is 9.00. The van der Waals surface area contributed by atoms with E-state index in [2.05, 4.69) is 30.3 Å². The number of ether oxygens (including phenoxy) is 3. The molecule has 0 saturated carbocycles. The zero-order valence-corrected chi connectivity index (χ0v) is 15.8. The lowest BCUT2D eigenvalue weighted by molar-refractivity contribution is 0.0475. The molecule has 0 radical (unpaired) electrons. The van der Waals surface area contributed by atoms with Crippen molar-refractivity contribution in [1.29, 1.82) is 0 Å². The van der Waals surface area contributed by atoms with Gasteiger partial charge in [0, 0.05) is 5.56 Å². The second-order valence-electron chi connectivity index (χ2n) is 6.44. The van der Waals surface area contributed by atoms with Gasteiger partial charge in [-0.15, -0.1) is 0 Å². The number of hydrogen-bond donors (Lipinski definition) is 0. The molecule has 140 valence electrons. The predicted molar refractivity (Wildman–Crippen MR) is 110 cm³/mol. The maximum Gasteiger partial charge on any atom is 0.338 e. The van der Waals surface area contributed by atoms with Crippen LogP contribution in [0, 0.1) is 0 Å². The molecule has 0 fully saturated rings. The van der Waals surface area contributed by atoms with Crippen LogP contribution in [0.15, 0.2) is 72.8 Å². The average Bonchev–Trinajstić information content (AvgIpc) is 2.75. The monoisotopic (exact) mass is 372 g/mol. The molecule has 0 bridgehead atoms. The molecule has 0 aliphatic rings. The lowest BCUT2D eigenvalue weighted by Crippen LogP contribution is -2.06. The summed E-state index contributed by atoms with van der Waals surface area (Å²) in [7, 11) is 3.09. The van der Waals surface area contributed by atoms with E-state index >= 15 is 0 Å². The van der Waals surface area contributed by atoms with Gasteiger partial charge in [0.1, 0.15) is 6.61 Å². The van der Waals surface area contributed by atoms with E-state index in [1.165, 1.54) is 7.11 Å². The van der Waals surface area contributed by atoms with Crippen molar-refractivity contribution in [3.8, 4) is 11.5 Å². The van der Waals surface area contributed by atoms with Gasteiger partial charge in [-0.3, -0.25) is 0 Å². The molecular weight excluding hydrogens is 352 g/mol. The van der Waals surface area contributed by atoms with Crippen LogP contribution in [0.2, 0.25) is 0 Å². The number of fused-ring (bicyclic) bond motifs is 2. The van der Waals surface area contributed by atoms with Crippen LogP contribution in [0.4, 0.5) is 0 Å². The van der Waals surface area contributed by atoms with E-state index in [1.54, 1.807) is 25.3 Å². The molecule has 0 amide bonds. The Morgan fingerprint density at radius 1 is 0.750 bits per heavy atom. The number of esters is 1. The Bertz CT molecular complexity index is 1110. The van der Waals surface area contributed by atoms with Gasteiger partial charge in [-0.2, -0.15) is 0 Å². The molecule has 0 saturated heterocycles. The third kappa shape index (κ3) is 3.25. The summed E-state index contributed by atoms with van der Waals surface area (Å²) in [6.45, 7) is 0.190. The fourth-order valence-electron chi connectivity index (χ4n) is 3.45. The molecular formula is C24H20O4. The van der Waals surface area contributed by atoms with E-state index in [-0.39, 0.29) is 6.61 Å². The Morgan fingerprint density at radius 2 is 1.36 bits per heavy atom. The van der Waals surface area contributed by atoms with E-state index in [0.29, 0.717) is 17.1 Å². The average molecular weight is 372 g/mol. The third-order valence-corrected chi connectivity index (χ3v) is 4.85. The summed E-state index contributed by atoms with van der Waals surface area (Å²) in [6, 6.07) is 23.4. The molecule has 0 aliphatic heterocycles. The van der Waals surface area contributed by atoms with E-state index in [4.69, 9.17) is 14.2 Å². The van der Waals surface area contributed by atoms with E-state index < -0.39 is 5.97 Å². The topological polar surface area (TPSA) is 44.8 Å². The van der Waals surface area contributed by atoms with Crippen LogP contribution in [-0.4, -0.2) is 20.2 Å². The minimum Gasteiger partial charge on any atom is -0.493 e. The largest absolute Gasteiger partial charge is 0.493 e. The van der Waals surface area contributed by atoms with Gasteiger partial charge < -0.3 is 14.2 Å². The lowest BCUT2D eigenvalue weighted by atomic mass is 9.97. The summed E-state index contributed by atoms with van der Waals surface area (Å²) in [5.41, 5.74) is 1.42. The van der Waals surface area contributed by atoms with Crippen LogP contribution < -0.4 is 9.47 Å². The standard InChI is InChI=1S/C24H20O4/c1-26-22-12-11-18(14-23(22)27-2)24(25)28-15-21-19-9-5-3-7-16(19)13-17-8-4-6-10-20(17)21/h3-14H,15H2,1-2H3. The van der Waals surface area contributed by atoms with Crippen molar-refractivity contribution in [2.45, 2.75) is 6.61 Å². The number of methoxy groups -OCH3 is 2. The van der Waals surface area contributed by atoms with Crippen molar-refractivity contribution >= 4 is 27.5 Å². The summed E-state index contributed by atoms with van der Waals surface area (Å²) >= 11 is 0. The summed E-state index contributed by atoms with van der Waals surface area (Å²) < 4.78 is 16.2. The molecule has 28 heavy (non-hydrogen) atoms. The quantitative estimate of drug-likeness (QED) is 0.349. The summed E-state index contributed by atoms with van der Waals surface area (Å²) in [6.07, 6.45) is 0. The number of benzene rings is 4. The second-order valence-corrected chi connectivity index (χ2v) is 6.44. The van der Waals surface area contributed by atoms with E-state index in [0.717, 1.165) is 27.1 Å². The van der Waals surface area contributed by atoms with Crippen LogP contribution in [-0.2, 0) is 11.3 Å². The molecule has 0 heterocycles. The third-order valence-electron chi connectivity index (χ3n) is 4.85. The minimum atomic E-state index is -0.405. The van der Waals surface area contributed by atoms with Crippen LogP contribution >= 0.6 is 0 Å². The highest BCUT2D eigenvalue weighted by Gasteiger charge is 2.14. The lowest BCUT2D eigenvalue weighted by Gasteiger charge is -2.13. The fraction of sp³-hybridized carbons (Fsp3) is 0.125.